The molecule has 68 heavy (non-hydrogen) atoms. The Hall–Kier alpha value is -4.45. The second kappa shape index (κ2) is 30.2. The molecular formula is C46H55N5NaO15Tb-3. The number of pyridine rings is 2. The van der Waals surface area contributed by atoms with Crippen molar-refractivity contribution in [2.24, 2.45) is 0 Å². The molecule has 0 aliphatic heterocycles. The number of carbonyl (C=O) groups is 4. The summed E-state index contributed by atoms with van der Waals surface area (Å²) in [5, 5.41) is 56.3. The van der Waals surface area contributed by atoms with Gasteiger partial charge in [-0.15, -0.1) is 0 Å². The summed E-state index contributed by atoms with van der Waals surface area (Å²) >= 11 is 0. The van der Waals surface area contributed by atoms with E-state index in [0.717, 1.165) is 22.6 Å². The quantitative estimate of drug-likeness (QED) is 0.0385. The molecule has 1 N–H and O–H groups in total. The molecule has 0 unspecified atom stereocenters. The molecule has 0 aliphatic carbocycles. The number of aromatic nitrogens is 2. The number of ether oxygens (including phenoxy) is 6. The molecule has 2 aromatic carbocycles. The second-order valence-electron chi connectivity index (χ2n) is 15.1. The summed E-state index contributed by atoms with van der Waals surface area (Å²) < 4.78 is 34.0. The first-order valence-electron chi connectivity index (χ1n) is 20.8. The third-order valence-electron chi connectivity index (χ3n) is 10.2. The summed E-state index contributed by atoms with van der Waals surface area (Å²) in [6.07, 6.45) is 2.81. The standard InChI is InChI=1S/C46H59N5O15.Na.Tb/c1-61-35-17-37(63-3)45(38(18-35)64-4)29-13-31(47-33(15-29)23-50(25-41(53)54)26-42(55)56)21-49(11-9-7-8-10-12-52)22-32-14-30(46-39(65-5)19-36(62-2)20-40(46)66-6)16-34(48-32)24-51(27-43(57)58)28-44(59)60;;/h13-20,52H,7-12,21-28H2,1-6H3,(H,53,54)(H,55,56)(H,57,58)(H,59,60);;/q;+1;/p-4. The number of rotatable bonds is 30. The van der Waals surface area contributed by atoms with Crippen molar-refractivity contribution in [1.29, 1.82) is 0 Å². The molecule has 0 bridgehead atoms. The van der Waals surface area contributed by atoms with E-state index in [9.17, 15) is 44.7 Å². The summed E-state index contributed by atoms with van der Waals surface area (Å²) in [6, 6.07) is 13.6. The van der Waals surface area contributed by atoms with Gasteiger partial charge in [0.1, 0.15) is 34.5 Å². The molecule has 0 atom stereocenters. The number of carboxylic acid groups (broad SMARTS) is 4. The van der Waals surface area contributed by atoms with Crippen LogP contribution >= 0.6 is 0 Å². The predicted octanol–water partition coefficient (Wildman–Crippen LogP) is -3.98. The van der Waals surface area contributed by atoms with Crippen molar-refractivity contribution in [2.75, 3.05) is 82.0 Å². The van der Waals surface area contributed by atoms with Gasteiger partial charge in [-0.3, -0.25) is 24.7 Å². The summed E-state index contributed by atoms with van der Waals surface area (Å²) in [4.78, 5) is 60.9. The summed E-state index contributed by atoms with van der Waals surface area (Å²) in [7, 11) is 8.89. The molecule has 0 saturated heterocycles. The van der Waals surface area contributed by atoms with Crippen LogP contribution in [0.5, 0.6) is 34.5 Å². The van der Waals surface area contributed by atoms with Crippen LogP contribution in [-0.2, 0) is 45.4 Å². The molecule has 4 aromatic rings. The zero-order valence-electron chi connectivity index (χ0n) is 39.3. The second-order valence-corrected chi connectivity index (χ2v) is 15.1. The van der Waals surface area contributed by atoms with Gasteiger partial charge in [-0.1, -0.05) is 12.8 Å². The molecule has 0 aliphatic rings. The molecule has 1 radical (unpaired) electrons. The van der Waals surface area contributed by atoms with Gasteiger partial charge in [-0.05, 0) is 54.8 Å². The van der Waals surface area contributed by atoms with Gasteiger partial charge in [0.15, 0.2) is 0 Å². The van der Waals surface area contributed by atoms with Crippen molar-refractivity contribution in [1.82, 2.24) is 24.7 Å². The number of unbranched alkanes of at least 4 members (excludes halogenated alkanes) is 3. The van der Waals surface area contributed by atoms with E-state index in [4.69, 9.17) is 38.4 Å². The first-order chi connectivity index (χ1) is 31.6. The summed E-state index contributed by atoms with van der Waals surface area (Å²) in [5.41, 5.74) is 3.64. The van der Waals surface area contributed by atoms with Gasteiger partial charge in [0.2, 0.25) is 0 Å². The van der Waals surface area contributed by atoms with Crippen LogP contribution < -0.4 is 78.4 Å². The van der Waals surface area contributed by atoms with E-state index >= 15 is 0 Å². The SMILES string of the molecule is COc1cc(OC)c(-c2cc(CN(CC(=O)[O-])CC(=O)[O-])nc(CN(CCCCCCO)Cc3cc(-c4c(OC)cc(OC)cc4OC)cc(CN(CC(=O)[O-])CC(=O)[O-])n3)c2)c(OC)c1.[Na+].[Tb]. The van der Waals surface area contributed by atoms with Crippen molar-refractivity contribution in [3.8, 4) is 56.8 Å². The van der Waals surface area contributed by atoms with E-state index in [2.05, 4.69) is 4.90 Å². The number of hydrogen-bond acceptors (Lipinski definition) is 20. The van der Waals surface area contributed by atoms with Gasteiger partial charge >= 0.3 is 29.6 Å². The van der Waals surface area contributed by atoms with E-state index in [0.29, 0.717) is 98.9 Å². The molecule has 22 heteroatoms. The zero-order chi connectivity index (χ0) is 48.3. The largest absolute Gasteiger partial charge is 1.00 e. The Morgan fingerprint density at radius 2 is 0.765 bits per heavy atom. The average Bonchev–Trinajstić information content (AvgIpc) is 3.26. The van der Waals surface area contributed by atoms with Crippen LogP contribution in [0.2, 0.25) is 0 Å². The minimum Gasteiger partial charge on any atom is -0.549 e. The first kappa shape index (κ1) is 59.7. The number of carbonyl (C=O) groups excluding carboxylic acids is 4. The summed E-state index contributed by atoms with van der Waals surface area (Å²) in [6.45, 7) is -2.51. The Balaban J connectivity index is 0.00000793. The van der Waals surface area contributed by atoms with E-state index in [-0.39, 0.29) is 101 Å². The molecule has 0 fully saturated rings. The average molecular weight is 1100 g/mol. The van der Waals surface area contributed by atoms with Crippen LogP contribution in [0.4, 0.5) is 0 Å². The Labute approximate surface area is 448 Å². The third kappa shape index (κ3) is 18.5. The minimum atomic E-state index is -1.50. The van der Waals surface area contributed by atoms with E-state index in [1.54, 1.807) is 48.5 Å². The fourth-order valence-electron chi connectivity index (χ4n) is 7.49. The number of methoxy groups -OCH3 is 6. The van der Waals surface area contributed by atoms with E-state index in [1.807, 2.05) is 0 Å². The van der Waals surface area contributed by atoms with Crippen molar-refractivity contribution in [2.45, 2.75) is 51.9 Å². The van der Waals surface area contributed by atoms with Crippen LogP contribution in [0.25, 0.3) is 22.3 Å². The van der Waals surface area contributed by atoms with E-state index < -0.39 is 50.1 Å². The smallest absolute Gasteiger partial charge is 0.549 e. The molecular weight excluding hydrogens is 1040 g/mol. The van der Waals surface area contributed by atoms with Crippen LogP contribution in [-0.4, -0.2) is 136 Å². The van der Waals surface area contributed by atoms with Gasteiger partial charge in [0.25, 0.3) is 0 Å². The molecule has 2 aromatic heterocycles. The normalized spacial score (nSPS) is 10.9. The number of nitrogens with zero attached hydrogens (tertiary/aromatic N) is 5. The van der Waals surface area contributed by atoms with E-state index in [1.165, 1.54) is 42.7 Å². The van der Waals surface area contributed by atoms with Crippen molar-refractivity contribution >= 4 is 23.9 Å². The monoisotopic (exact) mass is 1100 g/mol. The Morgan fingerprint density at radius 1 is 0.471 bits per heavy atom. The van der Waals surface area contributed by atoms with Crippen molar-refractivity contribution in [3.63, 3.8) is 0 Å². The topological polar surface area (TPSA) is 272 Å². The van der Waals surface area contributed by atoms with Gasteiger partial charge < -0.3 is 73.1 Å². The van der Waals surface area contributed by atoms with Gasteiger partial charge in [-0.25, -0.2) is 0 Å². The number of aliphatic carboxylic acids is 4. The van der Waals surface area contributed by atoms with Crippen molar-refractivity contribution in [3.05, 3.63) is 71.3 Å². The predicted molar refractivity (Wildman–Crippen MR) is 229 cm³/mol. The number of benzene rings is 2. The maximum Gasteiger partial charge on any atom is 1.00 e. The first-order valence-corrected chi connectivity index (χ1v) is 20.8. The molecule has 0 saturated carbocycles. The molecule has 367 valence electrons. The van der Waals surface area contributed by atoms with Crippen LogP contribution in [0.1, 0.15) is 48.5 Å². The maximum absolute atomic E-state index is 11.7. The minimum absolute atomic E-state index is 0. The number of carboxylic acids is 4. The van der Waals surface area contributed by atoms with Gasteiger partial charge in [0.05, 0.1) is 100 Å². The fourth-order valence-corrected chi connectivity index (χ4v) is 7.49. The maximum atomic E-state index is 11.7. The van der Waals surface area contributed by atoms with Gasteiger partial charge in [-0.2, -0.15) is 0 Å². The Bertz CT molecular complexity index is 2070. The molecule has 20 nitrogen and oxygen atoms in total. The summed E-state index contributed by atoms with van der Waals surface area (Å²) in [5.74, 6) is -3.60. The van der Waals surface area contributed by atoms with Gasteiger partial charge in [0, 0.05) is 122 Å². The number of aliphatic hydroxyl groups excluding tert-OH is 1. The molecule has 0 amide bonds. The number of aliphatic hydroxyl groups is 1. The van der Waals surface area contributed by atoms with Crippen LogP contribution in [0.3, 0.4) is 0 Å². The van der Waals surface area contributed by atoms with Crippen LogP contribution in [0.15, 0.2) is 48.5 Å². The molecule has 0 spiro atoms. The Kier molecular flexibility index (Phi) is 26.5. The van der Waals surface area contributed by atoms with Crippen LogP contribution in [0, 0.1) is 38.6 Å². The Morgan fingerprint density at radius 3 is 1.03 bits per heavy atom. The van der Waals surface area contributed by atoms with Crippen molar-refractivity contribution < 1.29 is 141 Å². The molecule has 4 rings (SSSR count). The fraction of sp³-hybridized carbons (Fsp3) is 0.435. The molecule has 2 heterocycles. The third-order valence-corrected chi connectivity index (χ3v) is 10.2. The number of hydrogen-bond donors (Lipinski definition) is 1. The zero-order valence-corrected chi connectivity index (χ0v) is 43.4.